The molecular formula is C14H12FN5O. The molecule has 106 valence electrons. The van der Waals surface area contributed by atoms with E-state index in [0.29, 0.717) is 11.5 Å². The van der Waals surface area contributed by atoms with E-state index in [1.807, 2.05) is 6.92 Å². The summed E-state index contributed by atoms with van der Waals surface area (Å²) >= 11 is 0. The number of carbonyl (C=O) groups is 1. The van der Waals surface area contributed by atoms with Crippen LogP contribution >= 0.6 is 0 Å². The molecule has 0 bridgehead atoms. The molecular weight excluding hydrogens is 273 g/mol. The number of carbonyl (C=O) groups excluding carboxylic acids is 1. The summed E-state index contributed by atoms with van der Waals surface area (Å²) in [5.74, 6) is -0.596. The lowest BCUT2D eigenvalue weighted by atomic mass is 10.2. The van der Waals surface area contributed by atoms with Gasteiger partial charge in [0, 0.05) is 17.6 Å². The van der Waals surface area contributed by atoms with Crippen LogP contribution in [-0.2, 0) is 0 Å². The number of halogens is 1. The Morgan fingerprint density at radius 2 is 2.10 bits per heavy atom. The zero-order valence-electron chi connectivity index (χ0n) is 11.5. The van der Waals surface area contributed by atoms with E-state index < -0.39 is 11.7 Å². The van der Waals surface area contributed by atoms with Crippen molar-refractivity contribution in [3.63, 3.8) is 0 Å². The molecule has 0 radical (unpaired) electrons. The Bertz CT molecular complexity index is 842. The Hall–Kier alpha value is -2.83. The van der Waals surface area contributed by atoms with Crippen LogP contribution in [0.4, 0.5) is 10.1 Å². The number of aryl methyl sites for hydroxylation is 2. The van der Waals surface area contributed by atoms with Gasteiger partial charge in [0.05, 0.1) is 0 Å². The Labute approximate surface area is 119 Å². The maximum atomic E-state index is 13.2. The summed E-state index contributed by atoms with van der Waals surface area (Å²) in [6, 6.07) is 5.95. The number of amides is 1. The highest BCUT2D eigenvalue weighted by molar-refractivity contribution is 6.02. The van der Waals surface area contributed by atoms with Crippen LogP contribution < -0.4 is 5.32 Å². The van der Waals surface area contributed by atoms with Gasteiger partial charge in [-0.3, -0.25) is 4.79 Å². The predicted molar refractivity (Wildman–Crippen MR) is 74.6 cm³/mol. The van der Waals surface area contributed by atoms with Gasteiger partial charge in [0.25, 0.3) is 11.7 Å². The first kappa shape index (κ1) is 13.2. The van der Waals surface area contributed by atoms with Crippen molar-refractivity contribution >= 4 is 17.4 Å². The van der Waals surface area contributed by atoms with Crippen molar-refractivity contribution in [1.29, 1.82) is 0 Å². The number of hydrogen-bond acceptors (Lipinski definition) is 4. The molecule has 0 aliphatic heterocycles. The largest absolute Gasteiger partial charge is 0.319 e. The Morgan fingerprint density at radius 1 is 1.29 bits per heavy atom. The molecule has 1 amide bonds. The van der Waals surface area contributed by atoms with E-state index in [9.17, 15) is 9.18 Å². The highest BCUT2D eigenvalue weighted by Gasteiger charge is 2.15. The Balaban J connectivity index is 1.93. The number of nitrogens with one attached hydrogen (secondary N) is 1. The van der Waals surface area contributed by atoms with E-state index >= 15 is 0 Å². The lowest BCUT2D eigenvalue weighted by Gasteiger charge is -2.06. The molecule has 0 aliphatic carbocycles. The SMILES string of the molecule is Cc1ccc(F)cc1NC(=O)c1nc2nccc(C)n2n1. The molecule has 0 spiro atoms. The molecule has 0 aliphatic rings. The van der Waals surface area contributed by atoms with E-state index in [0.717, 1.165) is 11.3 Å². The lowest BCUT2D eigenvalue weighted by Crippen LogP contribution is -2.15. The number of fused-ring (bicyclic) bond motifs is 1. The van der Waals surface area contributed by atoms with Crippen molar-refractivity contribution in [2.45, 2.75) is 13.8 Å². The molecule has 0 unspecified atom stereocenters. The zero-order valence-corrected chi connectivity index (χ0v) is 11.5. The van der Waals surface area contributed by atoms with Crippen molar-refractivity contribution < 1.29 is 9.18 Å². The highest BCUT2D eigenvalue weighted by Crippen LogP contribution is 2.16. The van der Waals surface area contributed by atoms with Gasteiger partial charge in [-0.25, -0.2) is 13.9 Å². The highest BCUT2D eigenvalue weighted by atomic mass is 19.1. The number of rotatable bonds is 2. The normalized spacial score (nSPS) is 10.8. The first-order valence-electron chi connectivity index (χ1n) is 6.30. The van der Waals surface area contributed by atoms with Crippen molar-refractivity contribution in [2.24, 2.45) is 0 Å². The predicted octanol–water partition coefficient (Wildman–Crippen LogP) is 2.13. The minimum atomic E-state index is -0.506. The van der Waals surface area contributed by atoms with Gasteiger partial charge in [-0.05, 0) is 37.6 Å². The second-order valence-electron chi connectivity index (χ2n) is 4.65. The van der Waals surface area contributed by atoms with Gasteiger partial charge in [0.1, 0.15) is 5.82 Å². The van der Waals surface area contributed by atoms with Gasteiger partial charge < -0.3 is 5.32 Å². The zero-order chi connectivity index (χ0) is 15.0. The first-order valence-corrected chi connectivity index (χ1v) is 6.30. The van der Waals surface area contributed by atoms with Gasteiger partial charge in [-0.15, -0.1) is 5.10 Å². The summed E-state index contributed by atoms with van der Waals surface area (Å²) in [6.07, 6.45) is 1.59. The minimum Gasteiger partial charge on any atom is -0.319 e. The Kier molecular flexibility index (Phi) is 3.09. The summed E-state index contributed by atoms with van der Waals surface area (Å²) in [7, 11) is 0. The second-order valence-corrected chi connectivity index (χ2v) is 4.65. The van der Waals surface area contributed by atoms with Crippen molar-refractivity contribution in [3.8, 4) is 0 Å². The van der Waals surface area contributed by atoms with Crippen LogP contribution in [0.15, 0.2) is 30.5 Å². The maximum absolute atomic E-state index is 13.2. The summed E-state index contributed by atoms with van der Waals surface area (Å²) in [5.41, 5.74) is 1.96. The van der Waals surface area contributed by atoms with Crippen molar-refractivity contribution in [3.05, 3.63) is 53.4 Å². The number of aromatic nitrogens is 4. The molecule has 0 saturated carbocycles. The van der Waals surface area contributed by atoms with E-state index in [1.165, 1.54) is 16.6 Å². The van der Waals surface area contributed by atoms with Crippen LogP contribution in [0.25, 0.3) is 5.78 Å². The molecule has 1 aromatic carbocycles. The fourth-order valence-electron chi connectivity index (χ4n) is 1.91. The number of nitrogens with zero attached hydrogens (tertiary/aromatic N) is 4. The Morgan fingerprint density at radius 3 is 2.86 bits per heavy atom. The molecule has 21 heavy (non-hydrogen) atoms. The number of hydrogen-bond donors (Lipinski definition) is 1. The van der Waals surface area contributed by atoms with Crippen molar-refractivity contribution in [1.82, 2.24) is 19.6 Å². The smallest absolute Gasteiger partial charge is 0.295 e. The summed E-state index contributed by atoms with van der Waals surface area (Å²) in [4.78, 5) is 20.2. The monoisotopic (exact) mass is 285 g/mol. The van der Waals surface area contributed by atoms with Crippen LogP contribution in [0, 0.1) is 19.7 Å². The van der Waals surface area contributed by atoms with Gasteiger partial charge in [-0.1, -0.05) is 6.07 Å². The molecule has 2 heterocycles. The summed E-state index contributed by atoms with van der Waals surface area (Å²) in [6.45, 7) is 3.61. The molecule has 3 aromatic rings. The quantitative estimate of drug-likeness (QED) is 0.783. The van der Waals surface area contributed by atoms with Crippen LogP contribution in [-0.4, -0.2) is 25.5 Å². The molecule has 0 fully saturated rings. The molecule has 0 saturated heterocycles. The van der Waals surface area contributed by atoms with E-state index in [-0.39, 0.29) is 5.82 Å². The van der Waals surface area contributed by atoms with Crippen LogP contribution in [0.1, 0.15) is 21.9 Å². The van der Waals surface area contributed by atoms with E-state index in [4.69, 9.17) is 0 Å². The average Bonchev–Trinajstić information content (AvgIpc) is 2.88. The van der Waals surface area contributed by atoms with Crippen molar-refractivity contribution in [2.75, 3.05) is 5.32 Å². The molecule has 0 atom stereocenters. The maximum Gasteiger partial charge on any atom is 0.295 e. The summed E-state index contributed by atoms with van der Waals surface area (Å²) < 4.78 is 14.7. The fourth-order valence-corrected chi connectivity index (χ4v) is 1.91. The second kappa shape index (κ2) is 4.93. The fraction of sp³-hybridized carbons (Fsp3) is 0.143. The molecule has 6 nitrogen and oxygen atoms in total. The topological polar surface area (TPSA) is 72.2 Å². The lowest BCUT2D eigenvalue weighted by molar-refractivity contribution is 0.101. The van der Waals surface area contributed by atoms with Gasteiger partial charge in [-0.2, -0.15) is 4.98 Å². The molecule has 2 aromatic heterocycles. The first-order chi connectivity index (χ1) is 10.0. The van der Waals surface area contributed by atoms with Gasteiger partial charge in [0.2, 0.25) is 5.82 Å². The minimum absolute atomic E-state index is 0.0135. The van der Waals surface area contributed by atoms with E-state index in [2.05, 4.69) is 20.4 Å². The van der Waals surface area contributed by atoms with Gasteiger partial charge >= 0.3 is 0 Å². The summed E-state index contributed by atoms with van der Waals surface area (Å²) in [5, 5.41) is 6.70. The molecule has 7 heteroatoms. The third kappa shape index (κ3) is 2.45. The van der Waals surface area contributed by atoms with Crippen LogP contribution in [0.5, 0.6) is 0 Å². The average molecular weight is 285 g/mol. The number of benzene rings is 1. The third-order valence-corrected chi connectivity index (χ3v) is 3.08. The third-order valence-electron chi connectivity index (χ3n) is 3.08. The van der Waals surface area contributed by atoms with Crippen LogP contribution in [0.3, 0.4) is 0 Å². The molecule has 3 rings (SSSR count). The number of anilines is 1. The van der Waals surface area contributed by atoms with E-state index in [1.54, 1.807) is 25.3 Å². The van der Waals surface area contributed by atoms with Crippen LogP contribution in [0.2, 0.25) is 0 Å². The van der Waals surface area contributed by atoms with Gasteiger partial charge in [0.15, 0.2) is 0 Å². The standard InChI is InChI=1S/C14H12FN5O/c1-8-3-4-10(15)7-11(8)17-13(21)12-18-14-16-6-5-9(2)20(14)19-12/h3-7H,1-2H3,(H,17,21). The molecule has 1 N–H and O–H groups in total.